The summed E-state index contributed by atoms with van der Waals surface area (Å²) in [5.41, 5.74) is 5.39. The lowest BCUT2D eigenvalue weighted by atomic mass is 9.93. The van der Waals surface area contributed by atoms with Crippen LogP contribution in [0.5, 0.6) is 0 Å². The summed E-state index contributed by atoms with van der Waals surface area (Å²) in [6, 6.07) is 4.30. The Morgan fingerprint density at radius 3 is 2.88 bits per heavy atom. The first-order chi connectivity index (χ1) is 12.2. The Morgan fingerprint density at radius 1 is 1.28 bits per heavy atom. The molecule has 1 N–H and O–H groups in total. The molecule has 130 valence electrons. The van der Waals surface area contributed by atoms with Crippen molar-refractivity contribution >= 4 is 0 Å². The van der Waals surface area contributed by atoms with E-state index >= 15 is 0 Å². The van der Waals surface area contributed by atoms with Crippen molar-refractivity contribution in [2.75, 3.05) is 13.1 Å². The van der Waals surface area contributed by atoms with Gasteiger partial charge in [-0.15, -0.1) is 0 Å². The molecule has 3 aromatic rings. The van der Waals surface area contributed by atoms with Crippen LogP contribution in [-0.4, -0.2) is 38.1 Å². The van der Waals surface area contributed by atoms with Crippen LogP contribution in [0.3, 0.4) is 0 Å². The number of hydrogen-bond acceptors (Lipinski definition) is 5. The molecular formula is C19H23N5O. The van der Waals surface area contributed by atoms with Crippen LogP contribution in [0.15, 0.2) is 35.4 Å². The molecule has 1 atom stereocenters. The van der Waals surface area contributed by atoms with Gasteiger partial charge in [0.05, 0.1) is 12.0 Å². The summed E-state index contributed by atoms with van der Waals surface area (Å²) in [5.74, 6) is 1.32. The van der Waals surface area contributed by atoms with Crippen LogP contribution < -0.4 is 0 Å². The first kappa shape index (κ1) is 16.0. The van der Waals surface area contributed by atoms with Crippen molar-refractivity contribution in [3.63, 3.8) is 0 Å². The van der Waals surface area contributed by atoms with Gasteiger partial charge in [-0.3, -0.25) is 9.88 Å². The Balaban J connectivity index is 1.48. The number of H-pyrrole nitrogens is 1. The molecule has 3 aromatic heterocycles. The lowest BCUT2D eigenvalue weighted by Gasteiger charge is -2.32. The van der Waals surface area contributed by atoms with Crippen molar-refractivity contribution in [2.24, 2.45) is 0 Å². The van der Waals surface area contributed by atoms with Gasteiger partial charge in [0.15, 0.2) is 0 Å². The standard InChI is InChI=1S/C19H23N5O/c1-13-19(14(2)25-23-13)15-5-6-18(21-8-15)16-4-3-7-24(10-16)11-17-9-20-12-22-17/h5-6,8-9,12,16H,3-4,7,10-11H2,1-2H3,(H,20,22)/t16-/m1/s1. The number of pyridine rings is 1. The molecule has 0 aromatic carbocycles. The zero-order chi connectivity index (χ0) is 17.2. The van der Waals surface area contributed by atoms with Gasteiger partial charge in [0, 0.05) is 53.9 Å². The second-order valence-electron chi connectivity index (χ2n) is 6.82. The lowest BCUT2D eigenvalue weighted by Crippen LogP contribution is -2.34. The average Bonchev–Trinajstić information content (AvgIpc) is 3.25. The van der Waals surface area contributed by atoms with Crippen LogP contribution in [0, 0.1) is 13.8 Å². The number of likely N-dealkylation sites (tertiary alicyclic amines) is 1. The minimum Gasteiger partial charge on any atom is -0.361 e. The van der Waals surface area contributed by atoms with E-state index < -0.39 is 0 Å². The van der Waals surface area contributed by atoms with Crippen LogP contribution in [0.25, 0.3) is 11.1 Å². The highest BCUT2D eigenvalue weighted by Crippen LogP contribution is 2.30. The quantitative estimate of drug-likeness (QED) is 0.789. The Morgan fingerprint density at radius 2 is 2.20 bits per heavy atom. The van der Waals surface area contributed by atoms with Crippen LogP contribution in [0.4, 0.5) is 0 Å². The molecule has 0 spiro atoms. The predicted molar refractivity (Wildman–Crippen MR) is 95.0 cm³/mol. The number of piperidine rings is 1. The highest BCUT2D eigenvalue weighted by molar-refractivity contribution is 5.66. The Kier molecular flexibility index (Phi) is 4.36. The molecule has 6 heteroatoms. The summed E-state index contributed by atoms with van der Waals surface area (Å²) in [7, 11) is 0. The molecule has 0 bridgehead atoms. The predicted octanol–water partition coefficient (Wildman–Crippen LogP) is 3.46. The fourth-order valence-electron chi connectivity index (χ4n) is 3.74. The van der Waals surface area contributed by atoms with E-state index in [1.807, 2.05) is 26.2 Å². The van der Waals surface area contributed by atoms with E-state index in [9.17, 15) is 0 Å². The third-order valence-electron chi connectivity index (χ3n) is 4.98. The maximum Gasteiger partial charge on any atom is 0.141 e. The molecular weight excluding hydrogens is 314 g/mol. The minimum atomic E-state index is 0.482. The second-order valence-corrected chi connectivity index (χ2v) is 6.82. The molecule has 4 rings (SSSR count). The Bertz CT molecular complexity index is 803. The first-order valence-electron chi connectivity index (χ1n) is 8.79. The van der Waals surface area contributed by atoms with Crippen molar-refractivity contribution in [2.45, 2.75) is 39.2 Å². The molecule has 0 radical (unpaired) electrons. The van der Waals surface area contributed by atoms with Gasteiger partial charge in [-0.1, -0.05) is 11.2 Å². The van der Waals surface area contributed by atoms with Crippen molar-refractivity contribution < 1.29 is 4.52 Å². The zero-order valence-electron chi connectivity index (χ0n) is 14.7. The number of aromatic nitrogens is 4. The minimum absolute atomic E-state index is 0.482. The normalized spacial score (nSPS) is 18.6. The summed E-state index contributed by atoms with van der Waals surface area (Å²) in [4.78, 5) is 14.5. The SMILES string of the molecule is Cc1noc(C)c1-c1ccc([C@@H]2CCCN(Cc3cnc[nH]3)C2)nc1. The van der Waals surface area contributed by atoms with E-state index in [4.69, 9.17) is 9.51 Å². The number of aromatic amines is 1. The zero-order valence-corrected chi connectivity index (χ0v) is 14.7. The molecule has 4 heterocycles. The number of nitrogens with one attached hydrogen (secondary N) is 1. The smallest absolute Gasteiger partial charge is 0.141 e. The second kappa shape index (κ2) is 6.80. The third kappa shape index (κ3) is 3.35. The fourth-order valence-corrected chi connectivity index (χ4v) is 3.74. The first-order valence-corrected chi connectivity index (χ1v) is 8.79. The van der Waals surface area contributed by atoms with E-state index in [1.165, 1.54) is 24.2 Å². The largest absolute Gasteiger partial charge is 0.361 e. The number of aryl methyl sites for hydroxylation is 2. The summed E-state index contributed by atoms with van der Waals surface area (Å²) < 4.78 is 5.27. The van der Waals surface area contributed by atoms with Crippen LogP contribution >= 0.6 is 0 Å². The molecule has 0 saturated carbocycles. The maximum atomic E-state index is 5.27. The van der Waals surface area contributed by atoms with Crippen molar-refractivity contribution in [3.8, 4) is 11.1 Å². The topological polar surface area (TPSA) is 70.8 Å². The number of imidazole rings is 1. The molecule has 1 aliphatic heterocycles. The Hall–Kier alpha value is -2.47. The fraction of sp³-hybridized carbons (Fsp3) is 0.421. The van der Waals surface area contributed by atoms with Gasteiger partial charge in [-0.2, -0.15) is 0 Å². The highest BCUT2D eigenvalue weighted by Gasteiger charge is 2.23. The van der Waals surface area contributed by atoms with Gasteiger partial charge in [0.25, 0.3) is 0 Å². The van der Waals surface area contributed by atoms with Crippen LogP contribution in [0.1, 0.15) is 41.6 Å². The van der Waals surface area contributed by atoms with Gasteiger partial charge in [0.1, 0.15) is 5.76 Å². The van der Waals surface area contributed by atoms with Gasteiger partial charge in [-0.25, -0.2) is 4.98 Å². The Labute approximate surface area is 147 Å². The number of nitrogens with zero attached hydrogens (tertiary/aromatic N) is 4. The van der Waals surface area contributed by atoms with Crippen molar-refractivity contribution in [3.05, 3.63) is 53.7 Å². The molecule has 1 saturated heterocycles. The van der Waals surface area contributed by atoms with Crippen molar-refractivity contribution in [1.82, 2.24) is 25.0 Å². The number of rotatable bonds is 4. The van der Waals surface area contributed by atoms with E-state index in [0.29, 0.717) is 5.92 Å². The molecule has 0 unspecified atom stereocenters. The maximum absolute atomic E-state index is 5.27. The van der Waals surface area contributed by atoms with Gasteiger partial charge < -0.3 is 9.51 Å². The van der Waals surface area contributed by atoms with Crippen LogP contribution in [0.2, 0.25) is 0 Å². The molecule has 1 aliphatic rings. The summed E-state index contributed by atoms with van der Waals surface area (Å²) in [6.07, 6.45) is 7.99. The summed E-state index contributed by atoms with van der Waals surface area (Å²) in [6.45, 7) is 7.00. The van der Waals surface area contributed by atoms with Gasteiger partial charge in [-0.05, 0) is 39.3 Å². The molecule has 1 fully saturated rings. The molecule has 25 heavy (non-hydrogen) atoms. The average molecular weight is 337 g/mol. The molecule has 0 aliphatic carbocycles. The van der Waals surface area contributed by atoms with Gasteiger partial charge in [0.2, 0.25) is 0 Å². The highest BCUT2D eigenvalue weighted by atomic mass is 16.5. The van der Waals surface area contributed by atoms with E-state index in [2.05, 4.69) is 32.2 Å². The summed E-state index contributed by atoms with van der Waals surface area (Å²) in [5, 5.41) is 4.03. The van der Waals surface area contributed by atoms with Crippen LogP contribution in [-0.2, 0) is 6.54 Å². The number of hydrogen-bond donors (Lipinski definition) is 1. The summed E-state index contributed by atoms with van der Waals surface area (Å²) >= 11 is 0. The third-order valence-corrected chi connectivity index (χ3v) is 4.98. The monoisotopic (exact) mass is 337 g/mol. The van der Waals surface area contributed by atoms with E-state index in [0.717, 1.165) is 42.2 Å². The molecule has 6 nitrogen and oxygen atoms in total. The van der Waals surface area contributed by atoms with E-state index in [1.54, 1.807) is 6.33 Å². The lowest BCUT2D eigenvalue weighted by molar-refractivity contribution is 0.196. The van der Waals surface area contributed by atoms with E-state index in [-0.39, 0.29) is 0 Å². The van der Waals surface area contributed by atoms with Gasteiger partial charge >= 0.3 is 0 Å². The van der Waals surface area contributed by atoms with Crippen molar-refractivity contribution in [1.29, 1.82) is 0 Å². The molecule has 0 amide bonds.